The number of nitrogens with zero attached hydrogens (tertiary/aromatic N) is 5. The lowest BCUT2D eigenvalue weighted by molar-refractivity contribution is 0.180. The van der Waals surface area contributed by atoms with Gasteiger partial charge in [-0.25, -0.2) is 15.0 Å². The summed E-state index contributed by atoms with van der Waals surface area (Å²) >= 11 is 0. The average molecular weight is 274 g/mol. The number of imidazole rings is 1. The van der Waals surface area contributed by atoms with E-state index in [1.807, 2.05) is 6.33 Å². The summed E-state index contributed by atoms with van der Waals surface area (Å²) in [5, 5.41) is 0. The second-order valence-electron chi connectivity index (χ2n) is 5.77. The smallest absolute Gasteiger partial charge is 0.165 e. The Kier molecular flexibility index (Phi) is 3.82. The normalized spacial score (nSPS) is 20.6. The van der Waals surface area contributed by atoms with Crippen molar-refractivity contribution in [3.63, 3.8) is 0 Å². The lowest BCUT2D eigenvalue weighted by Gasteiger charge is -2.30. The Morgan fingerprint density at radius 2 is 2.20 bits per heavy atom. The van der Waals surface area contributed by atoms with Crippen LogP contribution in [0, 0.1) is 5.92 Å². The van der Waals surface area contributed by atoms with Gasteiger partial charge in [0.05, 0.1) is 6.33 Å². The number of nitrogen functional groups attached to an aromatic ring is 1. The molecule has 108 valence electrons. The minimum atomic E-state index is 0.457. The van der Waals surface area contributed by atoms with Gasteiger partial charge < -0.3 is 15.2 Å². The van der Waals surface area contributed by atoms with E-state index < -0.39 is 0 Å². The van der Waals surface area contributed by atoms with Crippen LogP contribution in [0.3, 0.4) is 0 Å². The van der Waals surface area contributed by atoms with Gasteiger partial charge in [-0.3, -0.25) is 0 Å². The molecule has 1 atom stereocenters. The number of hydrogen-bond donors (Lipinski definition) is 1. The molecule has 1 unspecified atom stereocenters. The number of aromatic nitrogens is 4. The maximum atomic E-state index is 5.80. The number of anilines is 1. The molecule has 2 aromatic rings. The van der Waals surface area contributed by atoms with Gasteiger partial charge in [-0.2, -0.15) is 0 Å². The molecule has 20 heavy (non-hydrogen) atoms. The second kappa shape index (κ2) is 5.75. The zero-order chi connectivity index (χ0) is 13.9. The van der Waals surface area contributed by atoms with Crippen LogP contribution in [-0.4, -0.2) is 44.1 Å². The fourth-order valence-electron chi connectivity index (χ4n) is 3.02. The van der Waals surface area contributed by atoms with Crippen LogP contribution < -0.4 is 5.73 Å². The highest BCUT2D eigenvalue weighted by Gasteiger charge is 2.15. The molecule has 1 aliphatic rings. The molecule has 0 amide bonds. The van der Waals surface area contributed by atoms with E-state index in [1.165, 1.54) is 32.3 Å². The molecule has 0 bridgehead atoms. The monoisotopic (exact) mass is 274 g/mol. The van der Waals surface area contributed by atoms with Crippen LogP contribution in [0.4, 0.5) is 5.82 Å². The molecule has 2 aromatic heterocycles. The SMILES string of the molecule is CC1CCCN(CCCn2cnc3c(N)ncnc32)C1. The van der Waals surface area contributed by atoms with Crippen LogP contribution >= 0.6 is 0 Å². The molecule has 0 aromatic carbocycles. The van der Waals surface area contributed by atoms with Gasteiger partial charge in [-0.15, -0.1) is 0 Å². The molecule has 0 spiro atoms. The Balaban J connectivity index is 1.59. The number of aryl methyl sites for hydroxylation is 1. The third-order valence-electron chi connectivity index (χ3n) is 4.04. The van der Waals surface area contributed by atoms with Gasteiger partial charge in [0.15, 0.2) is 11.5 Å². The van der Waals surface area contributed by atoms with Crippen molar-refractivity contribution in [2.45, 2.75) is 32.7 Å². The summed E-state index contributed by atoms with van der Waals surface area (Å²) in [6, 6.07) is 0. The van der Waals surface area contributed by atoms with Gasteiger partial charge in [0.25, 0.3) is 0 Å². The first kappa shape index (κ1) is 13.3. The average Bonchev–Trinajstić information content (AvgIpc) is 2.84. The van der Waals surface area contributed by atoms with E-state index in [9.17, 15) is 0 Å². The molecule has 1 aliphatic heterocycles. The maximum Gasteiger partial charge on any atom is 0.165 e. The van der Waals surface area contributed by atoms with Gasteiger partial charge in [-0.05, 0) is 38.3 Å². The zero-order valence-electron chi connectivity index (χ0n) is 12.0. The summed E-state index contributed by atoms with van der Waals surface area (Å²) in [5.74, 6) is 1.30. The van der Waals surface area contributed by atoms with Crippen LogP contribution in [-0.2, 0) is 6.54 Å². The molecule has 3 rings (SSSR count). The molecular weight excluding hydrogens is 252 g/mol. The van der Waals surface area contributed by atoms with E-state index in [2.05, 4.69) is 31.3 Å². The third kappa shape index (κ3) is 2.75. The third-order valence-corrected chi connectivity index (χ3v) is 4.04. The summed E-state index contributed by atoms with van der Waals surface area (Å²) in [4.78, 5) is 15.1. The van der Waals surface area contributed by atoms with Crippen molar-refractivity contribution in [1.82, 2.24) is 24.4 Å². The number of rotatable bonds is 4. The Bertz CT molecular complexity index is 578. The summed E-state index contributed by atoms with van der Waals surface area (Å²) in [5.41, 5.74) is 7.34. The summed E-state index contributed by atoms with van der Waals surface area (Å²) in [7, 11) is 0. The van der Waals surface area contributed by atoms with E-state index >= 15 is 0 Å². The largest absolute Gasteiger partial charge is 0.382 e. The van der Waals surface area contributed by atoms with E-state index in [4.69, 9.17) is 5.73 Å². The Labute approximate surface area is 119 Å². The van der Waals surface area contributed by atoms with E-state index in [1.54, 1.807) is 0 Å². The number of nitrogens with two attached hydrogens (primary N) is 1. The van der Waals surface area contributed by atoms with Crippen molar-refractivity contribution in [2.75, 3.05) is 25.4 Å². The number of piperidine rings is 1. The minimum Gasteiger partial charge on any atom is -0.382 e. The van der Waals surface area contributed by atoms with Crippen molar-refractivity contribution in [3.8, 4) is 0 Å². The Hall–Kier alpha value is -1.69. The fourth-order valence-corrected chi connectivity index (χ4v) is 3.02. The van der Waals surface area contributed by atoms with Crippen LogP contribution in [0.25, 0.3) is 11.2 Å². The van der Waals surface area contributed by atoms with Crippen molar-refractivity contribution < 1.29 is 0 Å². The molecule has 1 saturated heterocycles. The molecular formula is C14H22N6. The highest BCUT2D eigenvalue weighted by molar-refractivity contribution is 5.80. The summed E-state index contributed by atoms with van der Waals surface area (Å²) in [6.07, 6.45) is 7.14. The molecule has 0 aliphatic carbocycles. The molecule has 3 heterocycles. The van der Waals surface area contributed by atoms with Gasteiger partial charge in [0, 0.05) is 13.1 Å². The predicted molar refractivity (Wildman–Crippen MR) is 79.2 cm³/mol. The maximum absolute atomic E-state index is 5.80. The zero-order valence-corrected chi connectivity index (χ0v) is 12.0. The second-order valence-corrected chi connectivity index (χ2v) is 5.77. The van der Waals surface area contributed by atoms with Gasteiger partial charge >= 0.3 is 0 Å². The molecule has 1 fully saturated rings. The van der Waals surface area contributed by atoms with E-state index in [-0.39, 0.29) is 0 Å². The van der Waals surface area contributed by atoms with Crippen LogP contribution in [0.2, 0.25) is 0 Å². The highest BCUT2D eigenvalue weighted by Crippen LogP contribution is 2.17. The topological polar surface area (TPSA) is 72.9 Å². The van der Waals surface area contributed by atoms with E-state index in [0.29, 0.717) is 11.3 Å². The fraction of sp³-hybridized carbons (Fsp3) is 0.643. The van der Waals surface area contributed by atoms with Crippen molar-refractivity contribution >= 4 is 17.0 Å². The van der Waals surface area contributed by atoms with Crippen LogP contribution in [0.1, 0.15) is 26.2 Å². The molecule has 2 N–H and O–H groups in total. The van der Waals surface area contributed by atoms with Gasteiger partial charge in [-0.1, -0.05) is 6.92 Å². The first-order valence-electron chi connectivity index (χ1n) is 7.37. The van der Waals surface area contributed by atoms with Crippen molar-refractivity contribution in [2.24, 2.45) is 5.92 Å². The molecule has 0 radical (unpaired) electrons. The number of likely N-dealkylation sites (tertiary alicyclic amines) is 1. The molecule has 6 heteroatoms. The van der Waals surface area contributed by atoms with E-state index in [0.717, 1.165) is 31.1 Å². The Morgan fingerprint density at radius 1 is 1.30 bits per heavy atom. The first-order chi connectivity index (χ1) is 9.74. The number of hydrogen-bond acceptors (Lipinski definition) is 5. The minimum absolute atomic E-state index is 0.457. The Morgan fingerprint density at radius 3 is 3.05 bits per heavy atom. The van der Waals surface area contributed by atoms with Crippen molar-refractivity contribution in [3.05, 3.63) is 12.7 Å². The van der Waals surface area contributed by atoms with Gasteiger partial charge in [0.1, 0.15) is 11.8 Å². The summed E-state index contributed by atoms with van der Waals surface area (Å²) < 4.78 is 2.07. The standard InChI is InChI=1S/C14H22N6/c1-11-4-2-5-19(8-11)6-3-7-20-10-18-12-13(15)16-9-17-14(12)20/h9-11H,2-8H2,1H3,(H2,15,16,17). The highest BCUT2D eigenvalue weighted by atomic mass is 15.1. The molecule has 6 nitrogen and oxygen atoms in total. The molecule has 0 saturated carbocycles. The number of fused-ring (bicyclic) bond motifs is 1. The first-order valence-corrected chi connectivity index (χ1v) is 7.37. The quantitative estimate of drug-likeness (QED) is 0.915. The summed E-state index contributed by atoms with van der Waals surface area (Å²) in [6.45, 7) is 6.89. The van der Waals surface area contributed by atoms with Crippen molar-refractivity contribution in [1.29, 1.82) is 0 Å². The van der Waals surface area contributed by atoms with Crippen LogP contribution in [0.15, 0.2) is 12.7 Å². The predicted octanol–water partition coefficient (Wildman–Crippen LogP) is 1.53. The van der Waals surface area contributed by atoms with Crippen LogP contribution in [0.5, 0.6) is 0 Å². The van der Waals surface area contributed by atoms with Gasteiger partial charge in [0.2, 0.25) is 0 Å². The lowest BCUT2D eigenvalue weighted by atomic mass is 10.0. The lowest BCUT2D eigenvalue weighted by Crippen LogP contribution is -2.35.